The molecule has 0 saturated carbocycles. The van der Waals surface area contributed by atoms with E-state index in [0.29, 0.717) is 13.2 Å². The van der Waals surface area contributed by atoms with Crippen molar-refractivity contribution in [2.45, 2.75) is 40.0 Å². The number of halogens is 1. The lowest BCUT2D eigenvalue weighted by atomic mass is 9.87. The van der Waals surface area contributed by atoms with Gasteiger partial charge in [-0.15, -0.1) is 12.4 Å². The van der Waals surface area contributed by atoms with Crippen LogP contribution in [0.4, 0.5) is 0 Å². The molecule has 3 N–H and O–H groups in total. The molecule has 136 valence electrons. The Hall–Kier alpha value is -2.04. The molecule has 0 aromatic heterocycles. The molecule has 0 spiro atoms. The number of nitrogens with two attached hydrogens (primary N) is 1. The second-order valence-corrected chi connectivity index (χ2v) is 6.94. The fourth-order valence-corrected chi connectivity index (χ4v) is 2.21. The molecule has 0 saturated heterocycles. The van der Waals surface area contributed by atoms with E-state index in [1.54, 1.807) is 0 Å². The maximum atomic E-state index is 12.2. The van der Waals surface area contributed by atoms with Crippen LogP contribution in [0, 0.1) is 5.41 Å². The maximum absolute atomic E-state index is 12.2. The highest BCUT2D eigenvalue weighted by Crippen LogP contribution is 2.20. The summed E-state index contributed by atoms with van der Waals surface area (Å²) in [4.78, 5) is 12.2. The van der Waals surface area contributed by atoms with Gasteiger partial charge in [0, 0.05) is 12.1 Å². The van der Waals surface area contributed by atoms with Gasteiger partial charge in [-0.25, -0.2) is 0 Å². The predicted molar refractivity (Wildman–Crippen MR) is 104 cm³/mol. The third-order valence-corrected chi connectivity index (χ3v) is 3.88. The fourth-order valence-electron chi connectivity index (χ4n) is 2.21. The molecule has 1 atom stereocenters. The van der Waals surface area contributed by atoms with E-state index in [1.807, 2.05) is 75.4 Å². The number of amides is 1. The maximum Gasteiger partial charge on any atom is 0.237 e. The summed E-state index contributed by atoms with van der Waals surface area (Å²) >= 11 is 0. The van der Waals surface area contributed by atoms with Crippen LogP contribution in [0.15, 0.2) is 54.6 Å². The van der Waals surface area contributed by atoms with Gasteiger partial charge >= 0.3 is 0 Å². The van der Waals surface area contributed by atoms with Gasteiger partial charge in [-0.2, -0.15) is 0 Å². The number of benzene rings is 2. The van der Waals surface area contributed by atoms with Crippen molar-refractivity contribution in [1.82, 2.24) is 5.32 Å². The monoisotopic (exact) mass is 362 g/mol. The molecule has 0 unspecified atom stereocenters. The first-order valence-electron chi connectivity index (χ1n) is 8.16. The van der Waals surface area contributed by atoms with Crippen molar-refractivity contribution in [3.05, 3.63) is 65.7 Å². The van der Waals surface area contributed by atoms with Crippen molar-refractivity contribution < 1.29 is 9.53 Å². The second-order valence-electron chi connectivity index (χ2n) is 6.94. The second kappa shape index (κ2) is 9.44. The summed E-state index contributed by atoms with van der Waals surface area (Å²) < 4.78 is 5.90. The van der Waals surface area contributed by atoms with E-state index in [-0.39, 0.29) is 23.7 Å². The molecular weight excluding hydrogens is 336 g/mol. The van der Waals surface area contributed by atoms with E-state index < -0.39 is 6.04 Å². The summed E-state index contributed by atoms with van der Waals surface area (Å²) in [7, 11) is 0. The van der Waals surface area contributed by atoms with E-state index in [2.05, 4.69) is 5.32 Å². The van der Waals surface area contributed by atoms with Crippen LogP contribution in [0.25, 0.3) is 0 Å². The zero-order chi connectivity index (χ0) is 17.6. The van der Waals surface area contributed by atoms with Crippen molar-refractivity contribution in [2.75, 3.05) is 0 Å². The third-order valence-electron chi connectivity index (χ3n) is 3.88. The van der Waals surface area contributed by atoms with Crippen molar-refractivity contribution >= 4 is 18.3 Å². The van der Waals surface area contributed by atoms with E-state index in [9.17, 15) is 4.79 Å². The molecule has 0 fully saturated rings. The summed E-state index contributed by atoms with van der Waals surface area (Å²) in [6.45, 7) is 6.75. The van der Waals surface area contributed by atoms with E-state index in [0.717, 1.165) is 16.9 Å². The Morgan fingerprint density at radius 3 is 2.32 bits per heavy atom. The van der Waals surface area contributed by atoms with Crippen molar-refractivity contribution in [3.8, 4) is 5.75 Å². The summed E-state index contributed by atoms with van der Waals surface area (Å²) in [5, 5.41) is 2.90. The van der Waals surface area contributed by atoms with Crippen LogP contribution < -0.4 is 15.8 Å². The minimum absolute atomic E-state index is 0. The average Bonchev–Trinajstić information content (AvgIpc) is 2.58. The molecule has 0 radical (unpaired) electrons. The van der Waals surface area contributed by atoms with Gasteiger partial charge in [-0.3, -0.25) is 4.79 Å². The lowest BCUT2D eigenvalue weighted by Crippen LogP contribution is -2.48. The minimum Gasteiger partial charge on any atom is -0.489 e. The number of carbonyl (C=O) groups is 1. The Labute approximate surface area is 156 Å². The van der Waals surface area contributed by atoms with Gasteiger partial charge in [0.25, 0.3) is 0 Å². The molecule has 0 aliphatic carbocycles. The fraction of sp³-hybridized carbons (Fsp3) is 0.350. The van der Waals surface area contributed by atoms with Gasteiger partial charge in [0.1, 0.15) is 12.4 Å². The first-order chi connectivity index (χ1) is 11.4. The molecule has 1 amide bonds. The molecule has 0 aliphatic heterocycles. The van der Waals surface area contributed by atoms with Gasteiger partial charge in [0.2, 0.25) is 5.91 Å². The van der Waals surface area contributed by atoms with Crippen LogP contribution in [-0.4, -0.2) is 11.9 Å². The van der Waals surface area contributed by atoms with Gasteiger partial charge in [-0.1, -0.05) is 69.3 Å². The first-order valence-corrected chi connectivity index (χ1v) is 8.16. The lowest BCUT2D eigenvalue weighted by molar-refractivity contribution is -0.124. The first kappa shape index (κ1) is 21.0. The van der Waals surface area contributed by atoms with Gasteiger partial charge in [-0.05, 0) is 17.0 Å². The van der Waals surface area contributed by atoms with Crippen LogP contribution in [0.5, 0.6) is 5.75 Å². The zero-order valence-corrected chi connectivity index (χ0v) is 15.8. The Morgan fingerprint density at radius 2 is 1.68 bits per heavy atom. The minimum atomic E-state index is -0.546. The molecule has 4 nitrogen and oxygen atoms in total. The van der Waals surface area contributed by atoms with Gasteiger partial charge < -0.3 is 15.8 Å². The van der Waals surface area contributed by atoms with E-state index in [4.69, 9.17) is 10.5 Å². The molecule has 0 aliphatic rings. The Balaban J connectivity index is 0.00000312. The number of rotatable bonds is 6. The standard InChI is InChI=1S/C20H26N2O2.ClH/c1-20(2,3)18(21)19(23)22-13-16-11-7-8-12-17(16)24-14-15-9-5-4-6-10-15;/h4-12,18H,13-14,21H2,1-3H3,(H,22,23);1H/t18-;/m1./s1. The van der Waals surface area contributed by atoms with Gasteiger partial charge in [0.15, 0.2) is 0 Å². The Morgan fingerprint density at radius 1 is 1.08 bits per heavy atom. The number of hydrogen-bond acceptors (Lipinski definition) is 3. The SMILES string of the molecule is CC(C)(C)[C@H](N)C(=O)NCc1ccccc1OCc1ccccc1.Cl. The third kappa shape index (κ3) is 6.40. The van der Waals surface area contributed by atoms with E-state index >= 15 is 0 Å². The van der Waals surface area contributed by atoms with Crippen LogP contribution in [0.1, 0.15) is 31.9 Å². The number of nitrogens with one attached hydrogen (secondary N) is 1. The Kier molecular flexibility index (Phi) is 7.94. The van der Waals surface area contributed by atoms with Crippen LogP contribution >= 0.6 is 12.4 Å². The van der Waals surface area contributed by atoms with E-state index in [1.165, 1.54) is 0 Å². The molecule has 5 heteroatoms. The van der Waals surface area contributed by atoms with Crippen LogP contribution in [0.3, 0.4) is 0 Å². The molecule has 2 rings (SSSR count). The smallest absolute Gasteiger partial charge is 0.237 e. The summed E-state index contributed by atoms with van der Waals surface area (Å²) in [5.41, 5.74) is 7.75. The highest BCUT2D eigenvalue weighted by molar-refractivity contribution is 5.85. The summed E-state index contributed by atoms with van der Waals surface area (Å²) in [6, 6.07) is 17.2. The number of para-hydroxylation sites is 1. The Bertz CT molecular complexity index is 669. The highest BCUT2D eigenvalue weighted by Gasteiger charge is 2.27. The van der Waals surface area contributed by atoms with Crippen LogP contribution in [-0.2, 0) is 17.9 Å². The average molecular weight is 363 g/mol. The van der Waals surface area contributed by atoms with Crippen LogP contribution in [0.2, 0.25) is 0 Å². The zero-order valence-electron chi connectivity index (χ0n) is 15.0. The molecular formula is C20H27ClN2O2. The number of ether oxygens (including phenoxy) is 1. The molecule has 2 aromatic carbocycles. The van der Waals surface area contributed by atoms with Crippen molar-refractivity contribution in [2.24, 2.45) is 11.1 Å². The highest BCUT2D eigenvalue weighted by atomic mass is 35.5. The summed E-state index contributed by atoms with van der Waals surface area (Å²) in [6.07, 6.45) is 0. The number of carbonyl (C=O) groups excluding carboxylic acids is 1. The molecule has 2 aromatic rings. The summed E-state index contributed by atoms with van der Waals surface area (Å²) in [5.74, 6) is 0.617. The van der Waals surface area contributed by atoms with Crippen molar-refractivity contribution in [3.63, 3.8) is 0 Å². The van der Waals surface area contributed by atoms with Crippen molar-refractivity contribution in [1.29, 1.82) is 0 Å². The molecule has 0 bridgehead atoms. The normalized spacial score (nSPS) is 12.0. The largest absolute Gasteiger partial charge is 0.489 e. The molecule has 0 heterocycles. The predicted octanol–water partition coefficient (Wildman–Crippen LogP) is 3.68. The molecule has 25 heavy (non-hydrogen) atoms. The topological polar surface area (TPSA) is 64.4 Å². The number of hydrogen-bond donors (Lipinski definition) is 2. The van der Waals surface area contributed by atoms with Gasteiger partial charge in [0.05, 0.1) is 6.04 Å². The quantitative estimate of drug-likeness (QED) is 0.823. The lowest BCUT2D eigenvalue weighted by Gasteiger charge is -2.26.